The Morgan fingerprint density at radius 1 is 1.35 bits per heavy atom. The minimum atomic E-state index is -0.181. The lowest BCUT2D eigenvalue weighted by molar-refractivity contribution is 0.122. The smallest absolute Gasteiger partial charge is 0.147 e. The Morgan fingerprint density at radius 2 is 2.15 bits per heavy atom. The summed E-state index contributed by atoms with van der Waals surface area (Å²) >= 11 is 1.62. The third-order valence-corrected chi connectivity index (χ3v) is 4.51. The fraction of sp³-hybridized carbons (Fsp3) is 0.400. The maximum Gasteiger partial charge on any atom is 0.147 e. The lowest BCUT2D eigenvalue weighted by Gasteiger charge is -2.29. The number of aryl methyl sites for hydroxylation is 1. The van der Waals surface area contributed by atoms with Gasteiger partial charge in [-0.2, -0.15) is 0 Å². The number of rotatable bonds is 3. The van der Waals surface area contributed by atoms with E-state index in [1.165, 1.54) is 4.88 Å². The largest absolute Gasteiger partial charge is 0.378 e. The van der Waals surface area contributed by atoms with E-state index >= 15 is 0 Å². The van der Waals surface area contributed by atoms with E-state index in [-0.39, 0.29) is 5.82 Å². The zero-order valence-electron chi connectivity index (χ0n) is 11.4. The molecule has 3 rings (SSSR count). The van der Waals surface area contributed by atoms with Crippen LogP contribution in [-0.4, -0.2) is 31.3 Å². The molecule has 2 heterocycles. The van der Waals surface area contributed by atoms with Crippen LogP contribution < -0.4 is 4.90 Å². The van der Waals surface area contributed by atoms with E-state index in [0.717, 1.165) is 30.8 Å². The van der Waals surface area contributed by atoms with Crippen LogP contribution in [0.4, 0.5) is 10.1 Å². The van der Waals surface area contributed by atoms with Gasteiger partial charge in [-0.3, -0.25) is 0 Å². The molecular weight excluding hydrogens is 275 g/mol. The van der Waals surface area contributed by atoms with Crippen LogP contribution in [-0.2, 0) is 11.2 Å². The maximum absolute atomic E-state index is 14.4. The normalized spacial score (nSPS) is 15.6. The monoisotopic (exact) mass is 292 g/mol. The van der Waals surface area contributed by atoms with Crippen molar-refractivity contribution in [1.29, 1.82) is 0 Å². The van der Waals surface area contributed by atoms with Gasteiger partial charge in [-0.1, -0.05) is 13.0 Å². The molecule has 0 spiro atoms. The van der Waals surface area contributed by atoms with Gasteiger partial charge >= 0.3 is 0 Å². The van der Waals surface area contributed by atoms with Crippen LogP contribution >= 0.6 is 11.3 Å². The third-order valence-electron chi connectivity index (χ3n) is 3.53. The average molecular weight is 292 g/mol. The SMILES string of the molecule is CCc1scnc1-c1ccc(N2CCOCC2)c(F)c1. The van der Waals surface area contributed by atoms with Crippen molar-refractivity contribution in [2.45, 2.75) is 13.3 Å². The topological polar surface area (TPSA) is 25.4 Å². The van der Waals surface area contributed by atoms with Gasteiger partial charge in [-0.15, -0.1) is 11.3 Å². The molecule has 1 aliphatic rings. The van der Waals surface area contributed by atoms with Crippen molar-refractivity contribution in [3.05, 3.63) is 34.4 Å². The summed E-state index contributed by atoms with van der Waals surface area (Å²) in [5.74, 6) is -0.181. The van der Waals surface area contributed by atoms with E-state index < -0.39 is 0 Å². The number of thiazole rings is 1. The number of benzene rings is 1. The summed E-state index contributed by atoms with van der Waals surface area (Å²) in [5.41, 5.74) is 4.25. The average Bonchev–Trinajstić information content (AvgIpc) is 2.96. The first-order valence-corrected chi connectivity index (χ1v) is 7.72. The molecular formula is C15H17FN2OS. The highest BCUT2D eigenvalue weighted by Gasteiger charge is 2.16. The highest BCUT2D eigenvalue weighted by atomic mass is 32.1. The van der Waals surface area contributed by atoms with E-state index in [1.807, 2.05) is 22.5 Å². The number of halogens is 1. The van der Waals surface area contributed by atoms with E-state index in [0.29, 0.717) is 18.9 Å². The predicted molar refractivity (Wildman–Crippen MR) is 79.9 cm³/mol. The van der Waals surface area contributed by atoms with Gasteiger partial charge in [0.15, 0.2) is 0 Å². The molecule has 0 saturated carbocycles. The maximum atomic E-state index is 14.4. The zero-order chi connectivity index (χ0) is 13.9. The molecule has 5 heteroatoms. The Labute approximate surface area is 122 Å². The molecule has 1 aliphatic heterocycles. The Hall–Kier alpha value is -1.46. The molecule has 0 N–H and O–H groups in total. The molecule has 106 valence electrons. The predicted octanol–water partition coefficient (Wildman–Crippen LogP) is 3.35. The summed E-state index contributed by atoms with van der Waals surface area (Å²) in [6.07, 6.45) is 0.923. The summed E-state index contributed by atoms with van der Waals surface area (Å²) < 4.78 is 19.7. The standard InChI is InChI=1S/C15H17FN2OS/c1-2-14-15(17-10-20-14)11-3-4-13(12(16)9-11)18-5-7-19-8-6-18/h3-4,9-10H,2,5-8H2,1H3. The quantitative estimate of drug-likeness (QED) is 0.867. The second-order valence-electron chi connectivity index (χ2n) is 4.74. The molecule has 1 aromatic carbocycles. The first kappa shape index (κ1) is 13.5. The van der Waals surface area contributed by atoms with Gasteiger partial charge in [0.25, 0.3) is 0 Å². The number of ether oxygens (including phenoxy) is 1. The number of anilines is 1. The van der Waals surface area contributed by atoms with Crippen molar-refractivity contribution in [2.75, 3.05) is 31.2 Å². The fourth-order valence-corrected chi connectivity index (χ4v) is 3.21. The molecule has 2 aromatic rings. The summed E-state index contributed by atoms with van der Waals surface area (Å²) in [6, 6.07) is 5.41. The molecule has 1 saturated heterocycles. The van der Waals surface area contributed by atoms with Crippen LogP contribution in [0.5, 0.6) is 0 Å². The second-order valence-corrected chi connectivity index (χ2v) is 5.68. The first-order valence-electron chi connectivity index (χ1n) is 6.84. The van der Waals surface area contributed by atoms with Crippen LogP contribution in [0.1, 0.15) is 11.8 Å². The van der Waals surface area contributed by atoms with Crippen molar-refractivity contribution < 1.29 is 9.13 Å². The summed E-state index contributed by atoms with van der Waals surface area (Å²) in [7, 11) is 0. The molecule has 3 nitrogen and oxygen atoms in total. The van der Waals surface area contributed by atoms with Gasteiger partial charge in [0.2, 0.25) is 0 Å². The van der Waals surface area contributed by atoms with E-state index in [1.54, 1.807) is 17.4 Å². The van der Waals surface area contributed by atoms with Gasteiger partial charge in [-0.05, 0) is 18.6 Å². The van der Waals surface area contributed by atoms with Crippen LogP contribution in [0.2, 0.25) is 0 Å². The van der Waals surface area contributed by atoms with Gasteiger partial charge in [0, 0.05) is 23.5 Å². The van der Waals surface area contributed by atoms with E-state index in [2.05, 4.69) is 11.9 Å². The van der Waals surface area contributed by atoms with Crippen LogP contribution in [0, 0.1) is 5.82 Å². The van der Waals surface area contributed by atoms with Gasteiger partial charge in [-0.25, -0.2) is 9.37 Å². The summed E-state index contributed by atoms with van der Waals surface area (Å²) in [5, 5.41) is 0. The van der Waals surface area contributed by atoms with Crippen molar-refractivity contribution >= 4 is 17.0 Å². The van der Waals surface area contributed by atoms with E-state index in [4.69, 9.17) is 4.74 Å². The summed E-state index contributed by atoms with van der Waals surface area (Å²) in [4.78, 5) is 7.59. The molecule has 0 amide bonds. The van der Waals surface area contributed by atoms with Crippen molar-refractivity contribution in [2.24, 2.45) is 0 Å². The Bertz CT molecular complexity index is 593. The van der Waals surface area contributed by atoms with Crippen molar-refractivity contribution in [3.63, 3.8) is 0 Å². The number of hydrogen-bond acceptors (Lipinski definition) is 4. The molecule has 0 radical (unpaired) electrons. The lowest BCUT2D eigenvalue weighted by atomic mass is 10.1. The fourth-order valence-electron chi connectivity index (χ4n) is 2.47. The third kappa shape index (κ3) is 2.55. The number of nitrogens with zero attached hydrogens (tertiary/aromatic N) is 2. The minimum Gasteiger partial charge on any atom is -0.378 e. The highest BCUT2D eigenvalue weighted by Crippen LogP contribution is 2.30. The van der Waals surface area contributed by atoms with Gasteiger partial charge < -0.3 is 9.64 Å². The van der Waals surface area contributed by atoms with Crippen LogP contribution in [0.25, 0.3) is 11.3 Å². The van der Waals surface area contributed by atoms with Crippen LogP contribution in [0.15, 0.2) is 23.7 Å². The highest BCUT2D eigenvalue weighted by molar-refractivity contribution is 7.10. The van der Waals surface area contributed by atoms with E-state index in [9.17, 15) is 4.39 Å². The van der Waals surface area contributed by atoms with Gasteiger partial charge in [0.1, 0.15) is 5.82 Å². The Balaban J connectivity index is 1.91. The second kappa shape index (κ2) is 5.89. The molecule has 20 heavy (non-hydrogen) atoms. The minimum absolute atomic E-state index is 0.181. The van der Waals surface area contributed by atoms with Crippen molar-refractivity contribution in [1.82, 2.24) is 4.98 Å². The molecule has 1 fully saturated rings. The molecule has 0 atom stereocenters. The number of morpholine rings is 1. The summed E-state index contributed by atoms with van der Waals surface area (Å²) in [6.45, 7) is 4.90. The molecule has 0 aliphatic carbocycles. The molecule has 0 bridgehead atoms. The Kier molecular flexibility index (Phi) is 3.98. The molecule has 1 aromatic heterocycles. The zero-order valence-corrected chi connectivity index (χ0v) is 12.3. The van der Waals surface area contributed by atoms with Gasteiger partial charge in [0.05, 0.1) is 30.1 Å². The Morgan fingerprint density at radius 3 is 2.85 bits per heavy atom. The number of aromatic nitrogens is 1. The lowest BCUT2D eigenvalue weighted by Crippen LogP contribution is -2.36. The first-order chi connectivity index (χ1) is 9.79. The molecule has 0 unspecified atom stereocenters. The number of hydrogen-bond donors (Lipinski definition) is 0. The van der Waals surface area contributed by atoms with Crippen molar-refractivity contribution in [3.8, 4) is 11.3 Å². The van der Waals surface area contributed by atoms with Crippen LogP contribution in [0.3, 0.4) is 0 Å².